The van der Waals surface area contributed by atoms with Crippen LogP contribution in [0.4, 0.5) is 0 Å². The summed E-state index contributed by atoms with van der Waals surface area (Å²) in [6, 6.07) is 10.1. The average molecular weight is 219 g/mol. The highest BCUT2D eigenvalue weighted by atomic mass is 32.1. The molecule has 3 heteroatoms. The number of hydrogen-bond donors (Lipinski definition) is 0. The number of aromatic nitrogens is 1. The molecule has 0 spiro atoms. The minimum Gasteiger partial charge on any atom is -0.299 e. The van der Waals surface area contributed by atoms with Gasteiger partial charge in [0.15, 0.2) is 0 Å². The van der Waals surface area contributed by atoms with Crippen LogP contribution in [0.2, 0.25) is 0 Å². The molecule has 0 radical (unpaired) electrons. The Kier molecular flexibility index (Phi) is 2.73. The SMILES string of the molecule is CC(C)n1cc(-c2ccccc2)c(=O)s1. The lowest BCUT2D eigenvalue weighted by molar-refractivity contribution is 0.651. The quantitative estimate of drug-likeness (QED) is 0.760. The first kappa shape index (κ1) is 10.2. The molecular weight excluding hydrogens is 206 g/mol. The van der Waals surface area contributed by atoms with Crippen molar-refractivity contribution in [2.75, 3.05) is 0 Å². The molecule has 1 heterocycles. The molecule has 0 aliphatic rings. The minimum absolute atomic E-state index is 0.134. The van der Waals surface area contributed by atoms with Crippen LogP contribution in [0.5, 0.6) is 0 Å². The van der Waals surface area contributed by atoms with E-state index in [1.807, 2.05) is 40.5 Å². The van der Waals surface area contributed by atoms with Gasteiger partial charge in [0.2, 0.25) is 0 Å². The zero-order valence-electron chi connectivity index (χ0n) is 8.81. The molecule has 0 saturated heterocycles. The van der Waals surface area contributed by atoms with Crippen LogP contribution in [-0.4, -0.2) is 3.96 Å². The fraction of sp³-hybridized carbons (Fsp3) is 0.250. The second-order valence-corrected chi connectivity index (χ2v) is 4.72. The van der Waals surface area contributed by atoms with Gasteiger partial charge in [0.25, 0.3) is 4.74 Å². The normalized spacial score (nSPS) is 10.9. The van der Waals surface area contributed by atoms with Gasteiger partial charge in [-0.2, -0.15) is 0 Å². The fourth-order valence-corrected chi connectivity index (χ4v) is 2.25. The molecule has 0 bridgehead atoms. The Bertz CT molecular complexity index is 496. The van der Waals surface area contributed by atoms with E-state index in [-0.39, 0.29) is 4.74 Å². The van der Waals surface area contributed by atoms with Crippen LogP contribution in [0.15, 0.2) is 41.3 Å². The van der Waals surface area contributed by atoms with Crippen molar-refractivity contribution in [1.82, 2.24) is 3.96 Å². The molecule has 2 nitrogen and oxygen atoms in total. The molecule has 78 valence electrons. The Balaban J connectivity index is 2.50. The first-order valence-electron chi connectivity index (χ1n) is 4.96. The number of nitrogens with zero attached hydrogens (tertiary/aromatic N) is 1. The Labute approximate surface area is 93.0 Å². The molecular formula is C12H13NOS. The van der Waals surface area contributed by atoms with Crippen molar-refractivity contribution >= 4 is 11.5 Å². The van der Waals surface area contributed by atoms with Gasteiger partial charge in [-0.05, 0) is 30.9 Å². The van der Waals surface area contributed by atoms with Gasteiger partial charge < -0.3 is 0 Å². The predicted molar refractivity (Wildman–Crippen MR) is 64.4 cm³/mol. The lowest BCUT2D eigenvalue weighted by atomic mass is 10.1. The molecule has 1 aromatic carbocycles. The summed E-state index contributed by atoms with van der Waals surface area (Å²) in [7, 11) is 0. The first-order valence-corrected chi connectivity index (χ1v) is 5.73. The van der Waals surface area contributed by atoms with Crippen LogP contribution >= 0.6 is 11.5 Å². The maximum Gasteiger partial charge on any atom is 0.257 e. The fourth-order valence-electron chi connectivity index (χ4n) is 1.42. The highest BCUT2D eigenvalue weighted by molar-refractivity contribution is 7.04. The van der Waals surface area contributed by atoms with Crippen molar-refractivity contribution in [3.63, 3.8) is 0 Å². The smallest absolute Gasteiger partial charge is 0.257 e. The monoisotopic (exact) mass is 219 g/mol. The van der Waals surface area contributed by atoms with Gasteiger partial charge in [-0.1, -0.05) is 30.3 Å². The van der Waals surface area contributed by atoms with E-state index >= 15 is 0 Å². The molecule has 0 atom stereocenters. The van der Waals surface area contributed by atoms with E-state index in [1.54, 1.807) is 0 Å². The highest BCUT2D eigenvalue weighted by Crippen LogP contribution is 2.19. The van der Waals surface area contributed by atoms with Crippen molar-refractivity contribution in [3.05, 3.63) is 46.1 Å². The minimum atomic E-state index is 0.134. The molecule has 2 aromatic rings. The van der Waals surface area contributed by atoms with Gasteiger partial charge in [-0.25, -0.2) is 0 Å². The second kappa shape index (κ2) is 4.03. The maximum absolute atomic E-state index is 11.7. The number of rotatable bonds is 2. The van der Waals surface area contributed by atoms with Crippen LogP contribution < -0.4 is 4.74 Å². The molecule has 0 unspecified atom stereocenters. The predicted octanol–water partition coefficient (Wildman–Crippen LogP) is 3.16. The van der Waals surface area contributed by atoms with Crippen LogP contribution in [0.1, 0.15) is 19.9 Å². The van der Waals surface area contributed by atoms with Gasteiger partial charge in [-0.15, -0.1) is 0 Å². The van der Waals surface area contributed by atoms with E-state index in [4.69, 9.17) is 0 Å². The van der Waals surface area contributed by atoms with Gasteiger partial charge in [0, 0.05) is 12.2 Å². The summed E-state index contributed by atoms with van der Waals surface area (Å²) >= 11 is 1.28. The van der Waals surface area contributed by atoms with Crippen LogP contribution in [0, 0.1) is 0 Å². The summed E-state index contributed by atoms with van der Waals surface area (Å²) in [5.41, 5.74) is 1.80. The van der Waals surface area contributed by atoms with E-state index < -0.39 is 0 Å². The first-order chi connectivity index (χ1) is 7.18. The highest BCUT2D eigenvalue weighted by Gasteiger charge is 2.08. The van der Waals surface area contributed by atoms with Crippen molar-refractivity contribution in [1.29, 1.82) is 0 Å². The molecule has 0 saturated carbocycles. The van der Waals surface area contributed by atoms with Crippen molar-refractivity contribution in [3.8, 4) is 11.1 Å². The summed E-state index contributed by atoms with van der Waals surface area (Å²) in [4.78, 5) is 11.7. The molecule has 0 aliphatic heterocycles. The van der Waals surface area contributed by atoms with Crippen molar-refractivity contribution in [2.45, 2.75) is 19.9 Å². The van der Waals surface area contributed by atoms with E-state index in [9.17, 15) is 4.79 Å². The van der Waals surface area contributed by atoms with E-state index in [1.165, 1.54) is 11.5 Å². The molecule has 2 rings (SSSR count). The van der Waals surface area contributed by atoms with Gasteiger partial charge in [-0.3, -0.25) is 8.75 Å². The topological polar surface area (TPSA) is 22.0 Å². The molecule has 1 aromatic heterocycles. The standard InChI is InChI=1S/C12H13NOS/c1-9(2)13-8-11(12(14)15-13)10-6-4-3-5-7-10/h3-9H,1-2H3. The molecule has 0 amide bonds. The third-order valence-electron chi connectivity index (χ3n) is 2.26. The summed E-state index contributed by atoms with van der Waals surface area (Å²) in [6.07, 6.45) is 1.94. The summed E-state index contributed by atoms with van der Waals surface area (Å²) in [6.45, 7) is 4.15. The molecule has 0 aliphatic carbocycles. The van der Waals surface area contributed by atoms with E-state index in [0.29, 0.717) is 6.04 Å². The Morgan fingerprint density at radius 2 is 1.87 bits per heavy atom. The average Bonchev–Trinajstić information content (AvgIpc) is 2.62. The Morgan fingerprint density at radius 1 is 1.20 bits per heavy atom. The van der Waals surface area contributed by atoms with Gasteiger partial charge >= 0.3 is 0 Å². The Hall–Kier alpha value is -1.35. The van der Waals surface area contributed by atoms with Crippen molar-refractivity contribution in [2.24, 2.45) is 0 Å². The van der Waals surface area contributed by atoms with Crippen molar-refractivity contribution < 1.29 is 0 Å². The zero-order chi connectivity index (χ0) is 10.8. The van der Waals surface area contributed by atoms with E-state index in [2.05, 4.69) is 13.8 Å². The molecule has 15 heavy (non-hydrogen) atoms. The van der Waals surface area contributed by atoms with Gasteiger partial charge in [0.05, 0.1) is 5.56 Å². The Morgan fingerprint density at radius 3 is 2.40 bits per heavy atom. The molecule has 0 N–H and O–H groups in total. The van der Waals surface area contributed by atoms with Gasteiger partial charge in [0.1, 0.15) is 0 Å². The third-order valence-corrected chi connectivity index (χ3v) is 3.38. The second-order valence-electron chi connectivity index (χ2n) is 3.74. The van der Waals surface area contributed by atoms with E-state index in [0.717, 1.165) is 11.1 Å². The largest absolute Gasteiger partial charge is 0.299 e. The van der Waals surface area contributed by atoms with Crippen LogP contribution in [-0.2, 0) is 0 Å². The lowest BCUT2D eigenvalue weighted by Gasteiger charge is -2.03. The summed E-state index contributed by atoms with van der Waals surface area (Å²) in [5, 5.41) is 0. The number of benzene rings is 1. The summed E-state index contributed by atoms with van der Waals surface area (Å²) < 4.78 is 2.12. The van der Waals surface area contributed by atoms with Crippen LogP contribution in [0.3, 0.4) is 0 Å². The van der Waals surface area contributed by atoms with Crippen LogP contribution in [0.25, 0.3) is 11.1 Å². The number of hydrogen-bond acceptors (Lipinski definition) is 2. The zero-order valence-corrected chi connectivity index (χ0v) is 9.62. The molecule has 0 fully saturated rings. The maximum atomic E-state index is 11.7. The lowest BCUT2D eigenvalue weighted by Crippen LogP contribution is -1.93. The third kappa shape index (κ3) is 2.02. The summed E-state index contributed by atoms with van der Waals surface area (Å²) in [5.74, 6) is 0.